The number of aliphatic carboxylic acids is 1. The Bertz CT molecular complexity index is 507. The van der Waals surface area contributed by atoms with Crippen molar-refractivity contribution >= 4 is 5.97 Å². The van der Waals surface area contributed by atoms with Gasteiger partial charge >= 0.3 is 5.97 Å². The number of carboxylic acid groups (broad SMARTS) is 1. The number of hydrogen-bond donors (Lipinski definition) is 1. The first-order valence-electron chi connectivity index (χ1n) is 6.70. The molecule has 1 aliphatic rings. The molecule has 0 radical (unpaired) electrons. The minimum absolute atomic E-state index is 0.0481. The van der Waals surface area contributed by atoms with E-state index in [9.17, 15) is 14.3 Å². The summed E-state index contributed by atoms with van der Waals surface area (Å²) in [6.07, 6.45) is 3.78. The van der Waals surface area contributed by atoms with Crippen LogP contribution in [0.3, 0.4) is 0 Å². The number of carboxylic acids is 1. The van der Waals surface area contributed by atoms with Crippen LogP contribution in [0.25, 0.3) is 0 Å². The highest BCUT2D eigenvalue weighted by Gasteiger charge is 2.43. The van der Waals surface area contributed by atoms with Gasteiger partial charge in [0.05, 0.1) is 19.6 Å². The highest BCUT2D eigenvalue weighted by molar-refractivity contribution is 5.83. The van der Waals surface area contributed by atoms with Crippen molar-refractivity contribution in [2.24, 2.45) is 0 Å². The number of halogens is 1. The van der Waals surface area contributed by atoms with E-state index in [1.807, 2.05) is 0 Å². The van der Waals surface area contributed by atoms with Crippen LogP contribution in [0.5, 0.6) is 11.5 Å². The van der Waals surface area contributed by atoms with Crippen molar-refractivity contribution in [3.8, 4) is 11.5 Å². The summed E-state index contributed by atoms with van der Waals surface area (Å²) in [6, 6.07) is 2.67. The maximum Gasteiger partial charge on any atom is 0.314 e. The molecule has 1 N–H and O–H groups in total. The fraction of sp³-hybridized carbons (Fsp3) is 0.533. The molecular formula is C15H19FO4. The van der Waals surface area contributed by atoms with Crippen molar-refractivity contribution in [2.45, 2.75) is 37.5 Å². The van der Waals surface area contributed by atoms with Crippen LogP contribution in [-0.4, -0.2) is 25.3 Å². The van der Waals surface area contributed by atoms with Crippen molar-refractivity contribution in [1.29, 1.82) is 0 Å². The van der Waals surface area contributed by atoms with Gasteiger partial charge in [0.1, 0.15) is 5.75 Å². The van der Waals surface area contributed by atoms with Crippen molar-refractivity contribution in [1.82, 2.24) is 0 Å². The van der Waals surface area contributed by atoms with Crippen LogP contribution >= 0.6 is 0 Å². The van der Waals surface area contributed by atoms with E-state index in [1.54, 1.807) is 0 Å². The summed E-state index contributed by atoms with van der Waals surface area (Å²) in [5, 5.41) is 9.70. The lowest BCUT2D eigenvalue weighted by Crippen LogP contribution is -2.38. The van der Waals surface area contributed by atoms with Crippen molar-refractivity contribution < 1.29 is 23.8 Å². The van der Waals surface area contributed by atoms with Gasteiger partial charge in [0.15, 0.2) is 11.6 Å². The predicted molar refractivity (Wildman–Crippen MR) is 71.9 cm³/mol. The van der Waals surface area contributed by atoms with E-state index in [2.05, 4.69) is 0 Å². The van der Waals surface area contributed by atoms with Gasteiger partial charge in [-0.3, -0.25) is 4.79 Å². The third-order valence-corrected chi connectivity index (χ3v) is 4.11. The fourth-order valence-electron chi connectivity index (χ4n) is 2.99. The molecule has 0 atom stereocenters. The Balaban J connectivity index is 2.60. The summed E-state index contributed by atoms with van der Waals surface area (Å²) in [5.41, 5.74) is -0.504. The Kier molecular flexibility index (Phi) is 4.16. The lowest BCUT2D eigenvalue weighted by molar-refractivity contribution is -0.145. The molecule has 0 aliphatic heterocycles. The molecule has 0 saturated heterocycles. The molecule has 1 aromatic carbocycles. The molecule has 0 heterocycles. The minimum atomic E-state index is -1.01. The molecule has 1 aliphatic carbocycles. The van der Waals surface area contributed by atoms with Crippen LogP contribution < -0.4 is 9.47 Å². The van der Waals surface area contributed by atoms with Crippen molar-refractivity contribution in [2.75, 3.05) is 14.2 Å². The summed E-state index contributed by atoms with van der Waals surface area (Å²) in [7, 11) is 2.78. The maximum absolute atomic E-state index is 13.8. The first-order chi connectivity index (χ1) is 9.55. The first kappa shape index (κ1) is 14.6. The maximum atomic E-state index is 13.8. The van der Waals surface area contributed by atoms with Crippen LogP contribution in [0, 0.1) is 5.82 Å². The van der Waals surface area contributed by atoms with E-state index in [0.717, 1.165) is 19.3 Å². The summed E-state index contributed by atoms with van der Waals surface area (Å²) in [4.78, 5) is 11.8. The van der Waals surface area contributed by atoms with E-state index in [-0.39, 0.29) is 11.5 Å². The SMILES string of the molecule is COc1cc(C2(C(=O)O)CCCCC2)c(OC)cc1F. The van der Waals surface area contributed by atoms with Gasteiger partial charge in [0.25, 0.3) is 0 Å². The number of rotatable bonds is 4. The number of hydrogen-bond acceptors (Lipinski definition) is 3. The zero-order valence-corrected chi connectivity index (χ0v) is 11.7. The lowest BCUT2D eigenvalue weighted by Gasteiger charge is -2.34. The standard InChI is InChI=1S/C15H19FO4/c1-19-12-9-11(16)13(20-2)8-10(12)15(14(17)18)6-4-3-5-7-15/h8-9H,3-7H2,1-2H3,(H,17,18). The summed E-state index contributed by atoms with van der Waals surface area (Å²) < 4.78 is 23.9. The molecule has 1 aromatic rings. The van der Waals surface area contributed by atoms with Gasteiger partial charge in [-0.1, -0.05) is 19.3 Å². The monoisotopic (exact) mass is 282 g/mol. The molecule has 1 saturated carbocycles. The smallest absolute Gasteiger partial charge is 0.314 e. The predicted octanol–water partition coefficient (Wildman–Crippen LogP) is 3.13. The Hall–Kier alpha value is -1.78. The summed E-state index contributed by atoms with van der Waals surface area (Å²) in [6.45, 7) is 0. The second-order valence-corrected chi connectivity index (χ2v) is 5.13. The van der Waals surface area contributed by atoms with Crippen LogP contribution in [0.4, 0.5) is 4.39 Å². The molecule has 0 unspecified atom stereocenters. The number of methoxy groups -OCH3 is 2. The van der Waals surface area contributed by atoms with Crippen molar-refractivity contribution in [3.05, 3.63) is 23.5 Å². The third-order valence-electron chi connectivity index (χ3n) is 4.11. The second kappa shape index (κ2) is 5.69. The Morgan fingerprint density at radius 1 is 1.15 bits per heavy atom. The van der Waals surface area contributed by atoms with Gasteiger partial charge in [-0.25, -0.2) is 4.39 Å². The zero-order chi connectivity index (χ0) is 14.8. The van der Waals surface area contributed by atoms with Gasteiger partial charge in [-0.2, -0.15) is 0 Å². The fourth-order valence-corrected chi connectivity index (χ4v) is 2.99. The normalized spacial score (nSPS) is 17.6. The number of ether oxygens (including phenoxy) is 2. The molecule has 110 valence electrons. The summed E-state index contributed by atoms with van der Waals surface area (Å²) >= 11 is 0. The molecule has 0 bridgehead atoms. The van der Waals surface area contributed by atoms with Gasteiger partial charge < -0.3 is 14.6 Å². The Labute approximate surface area is 117 Å². The third kappa shape index (κ3) is 2.32. The largest absolute Gasteiger partial charge is 0.496 e. The quantitative estimate of drug-likeness (QED) is 0.921. The first-order valence-corrected chi connectivity index (χ1v) is 6.70. The molecule has 1 fully saturated rings. The summed E-state index contributed by atoms with van der Waals surface area (Å²) in [5.74, 6) is -1.12. The molecule has 4 nitrogen and oxygen atoms in total. The highest BCUT2D eigenvalue weighted by Crippen LogP contribution is 2.45. The number of benzene rings is 1. The van der Waals surface area contributed by atoms with Crippen LogP contribution in [-0.2, 0) is 10.2 Å². The molecule has 2 rings (SSSR count). The molecule has 0 aromatic heterocycles. The van der Waals surface area contributed by atoms with E-state index in [0.29, 0.717) is 18.4 Å². The lowest BCUT2D eigenvalue weighted by atomic mass is 9.69. The molecular weight excluding hydrogens is 263 g/mol. The van der Waals surface area contributed by atoms with E-state index in [1.165, 1.54) is 26.4 Å². The average Bonchev–Trinajstić information content (AvgIpc) is 2.47. The van der Waals surface area contributed by atoms with Gasteiger partial charge in [0.2, 0.25) is 0 Å². The molecule has 5 heteroatoms. The van der Waals surface area contributed by atoms with Gasteiger partial charge in [-0.15, -0.1) is 0 Å². The molecule has 0 amide bonds. The van der Waals surface area contributed by atoms with Crippen LogP contribution in [0.1, 0.15) is 37.7 Å². The molecule has 0 spiro atoms. The second-order valence-electron chi connectivity index (χ2n) is 5.13. The van der Waals surface area contributed by atoms with E-state index >= 15 is 0 Å². The molecule has 20 heavy (non-hydrogen) atoms. The Morgan fingerprint density at radius 2 is 1.75 bits per heavy atom. The van der Waals surface area contributed by atoms with Gasteiger partial charge in [-0.05, 0) is 18.9 Å². The average molecular weight is 282 g/mol. The topological polar surface area (TPSA) is 55.8 Å². The van der Waals surface area contributed by atoms with Crippen LogP contribution in [0.2, 0.25) is 0 Å². The van der Waals surface area contributed by atoms with E-state index < -0.39 is 17.2 Å². The highest BCUT2D eigenvalue weighted by atomic mass is 19.1. The minimum Gasteiger partial charge on any atom is -0.496 e. The van der Waals surface area contributed by atoms with E-state index in [4.69, 9.17) is 9.47 Å². The van der Waals surface area contributed by atoms with Gasteiger partial charge in [0, 0.05) is 11.6 Å². The number of carbonyl (C=O) groups is 1. The van der Waals surface area contributed by atoms with Crippen LogP contribution in [0.15, 0.2) is 12.1 Å². The Morgan fingerprint density at radius 3 is 2.25 bits per heavy atom. The zero-order valence-electron chi connectivity index (χ0n) is 11.7. The van der Waals surface area contributed by atoms with Crippen molar-refractivity contribution in [3.63, 3.8) is 0 Å².